The molecule has 3 heteroatoms. The third-order valence-corrected chi connectivity index (χ3v) is 2.64. The maximum absolute atomic E-state index is 5.98. The van der Waals surface area contributed by atoms with Crippen molar-refractivity contribution in [2.45, 2.75) is 37.6 Å². The average molecular weight is 166 g/mol. The smallest absolute Gasteiger partial charge is 0.141 e. The van der Waals surface area contributed by atoms with Crippen LogP contribution in [0.1, 0.15) is 37.4 Å². The van der Waals surface area contributed by atoms with E-state index < -0.39 is 0 Å². The van der Waals surface area contributed by atoms with E-state index in [0.29, 0.717) is 5.92 Å². The minimum Gasteiger partial charge on any atom is -0.361 e. The van der Waals surface area contributed by atoms with E-state index in [4.69, 9.17) is 10.3 Å². The molecule has 1 aliphatic carbocycles. The molecule has 0 spiro atoms. The number of nitrogens with two attached hydrogens (primary N) is 1. The van der Waals surface area contributed by atoms with Crippen molar-refractivity contribution in [2.24, 2.45) is 5.73 Å². The summed E-state index contributed by atoms with van der Waals surface area (Å²) < 4.78 is 5.11. The van der Waals surface area contributed by atoms with E-state index in [1.165, 1.54) is 12.8 Å². The Kier molecular flexibility index (Phi) is 2.13. The largest absolute Gasteiger partial charge is 0.361 e. The summed E-state index contributed by atoms with van der Waals surface area (Å²) in [6, 6.07) is 2.20. The van der Waals surface area contributed by atoms with Gasteiger partial charge in [0.1, 0.15) is 5.76 Å². The van der Waals surface area contributed by atoms with Gasteiger partial charge in [-0.2, -0.15) is 0 Å². The van der Waals surface area contributed by atoms with Crippen molar-refractivity contribution in [3.63, 3.8) is 0 Å². The first-order valence-corrected chi connectivity index (χ1v) is 4.54. The third-order valence-electron chi connectivity index (χ3n) is 2.64. The predicted octanol–water partition coefficient (Wildman–Crippen LogP) is 1.66. The molecule has 66 valence electrons. The van der Waals surface area contributed by atoms with Crippen LogP contribution in [0.3, 0.4) is 0 Å². The van der Waals surface area contributed by atoms with Crippen LogP contribution in [0.15, 0.2) is 16.8 Å². The van der Waals surface area contributed by atoms with Crippen LogP contribution in [0.5, 0.6) is 0 Å². The zero-order chi connectivity index (χ0) is 8.39. The van der Waals surface area contributed by atoms with E-state index in [1.807, 2.05) is 6.07 Å². The lowest BCUT2D eigenvalue weighted by molar-refractivity contribution is 0.297. The Balaban J connectivity index is 2.11. The second-order valence-corrected chi connectivity index (χ2v) is 3.47. The van der Waals surface area contributed by atoms with Crippen LogP contribution >= 0.6 is 0 Å². The van der Waals surface area contributed by atoms with E-state index in [0.717, 1.165) is 18.6 Å². The normalized spacial score (nSPS) is 30.4. The summed E-state index contributed by atoms with van der Waals surface area (Å²) in [4.78, 5) is 0. The molecular weight excluding hydrogens is 152 g/mol. The summed E-state index contributed by atoms with van der Waals surface area (Å²) in [5.41, 5.74) is 5.98. The second kappa shape index (κ2) is 3.27. The monoisotopic (exact) mass is 166 g/mol. The van der Waals surface area contributed by atoms with Crippen LogP contribution < -0.4 is 5.73 Å². The van der Waals surface area contributed by atoms with Crippen molar-refractivity contribution in [3.8, 4) is 0 Å². The summed E-state index contributed by atoms with van der Waals surface area (Å²) in [6.45, 7) is 0. The Morgan fingerprint density at radius 3 is 2.92 bits per heavy atom. The van der Waals surface area contributed by atoms with Gasteiger partial charge in [-0.1, -0.05) is 18.0 Å². The topological polar surface area (TPSA) is 52.0 Å². The quantitative estimate of drug-likeness (QED) is 0.690. The van der Waals surface area contributed by atoms with Crippen LogP contribution in [-0.4, -0.2) is 11.2 Å². The second-order valence-electron chi connectivity index (χ2n) is 3.47. The number of nitrogens with zero attached hydrogens (tertiary/aromatic N) is 1. The van der Waals surface area contributed by atoms with Gasteiger partial charge in [-0.25, -0.2) is 0 Å². The van der Waals surface area contributed by atoms with Crippen LogP contribution in [0.4, 0.5) is 0 Å². The van der Waals surface area contributed by atoms with Crippen molar-refractivity contribution < 1.29 is 4.52 Å². The Bertz CT molecular complexity index is 233. The fourth-order valence-electron chi connectivity index (χ4n) is 1.93. The third kappa shape index (κ3) is 1.37. The van der Waals surface area contributed by atoms with E-state index >= 15 is 0 Å². The fraction of sp³-hybridized carbons (Fsp3) is 0.667. The van der Waals surface area contributed by atoms with Crippen molar-refractivity contribution in [3.05, 3.63) is 18.0 Å². The minimum atomic E-state index is 0.270. The van der Waals surface area contributed by atoms with Gasteiger partial charge >= 0.3 is 0 Å². The summed E-state index contributed by atoms with van der Waals surface area (Å²) in [7, 11) is 0. The van der Waals surface area contributed by atoms with E-state index in [-0.39, 0.29) is 6.04 Å². The number of rotatable bonds is 1. The lowest BCUT2D eigenvalue weighted by Crippen LogP contribution is -2.31. The molecule has 1 aromatic rings. The number of aromatic nitrogens is 1. The first-order valence-electron chi connectivity index (χ1n) is 4.54. The molecule has 1 aliphatic rings. The zero-order valence-corrected chi connectivity index (χ0v) is 7.07. The molecule has 2 atom stereocenters. The first-order chi connectivity index (χ1) is 5.88. The van der Waals surface area contributed by atoms with Gasteiger partial charge in [0, 0.05) is 18.0 Å². The fourth-order valence-corrected chi connectivity index (χ4v) is 1.93. The molecule has 12 heavy (non-hydrogen) atoms. The highest BCUT2D eigenvalue weighted by Crippen LogP contribution is 2.31. The Labute approximate surface area is 71.9 Å². The van der Waals surface area contributed by atoms with Crippen molar-refractivity contribution >= 4 is 0 Å². The minimum absolute atomic E-state index is 0.270. The highest BCUT2D eigenvalue weighted by Gasteiger charge is 2.25. The molecule has 0 amide bonds. The van der Waals surface area contributed by atoms with Crippen LogP contribution in [0.25, 0.3) is 0 Å². The Hall–Kier alpha value is -0.830. The lowest BCUT2D eigenvalue weighted by Gasteiger charge is -2.25. The van der Waals surface area contributed by atoms with E-state index in [1.54, 1.807) is 6.20 Å². The molecule has 0 aliphatic heterocycles. The summed E-state index contributed by atoms with van der Waals surface area (Å²) in [5, 5.41) is 3.70. The van der Waals surface area contributed by atoms with Gasteiger partial charge in [0.15, 0.2) is 0 Å². The molecule has 2 unspecified atom stereocenters. The van der Waals surface area contributed by atoms with Gasteiger partial charge in [-0.3, -0.25) is 0 Å². The van der Waals surface area contributed by atoms with Gasteiger partial charge < -0.3 is 10.3 Å². The Morgan fingerprint density at radius 1 is 1.42 bits per heavy atom. The highest BCUT2D eigenvalue weighted by atomic mass is 16.5. The molecule has 2 rings (SSSR count). The zero-order valence-electron chi connectivity index (χ0n) is 7.07. The molecule has 0 saturated heterocycles. The van der Waals surface area contributed by atoms with Gasteiger partial charge in [0.2, 0.25) is 0 Å². The maximum atomic E-state index is 5.98. The first kappa shape index (κ1) is 7.80. The standard InChI is InChI=1S/C9H14N2O/c10-8-4-2-1-3-7(8)9-5-6-11-12-9/h5-8H,1-4,10H2. The van der Waals surface area contributed by atoms with Gasteiger partial charge in [-0.05, 0) is 12.8 Å². The molecule has 1 saturated carbocycles. The van der Waals surface area contributed by atoms with Gasteiger partial charge in [0.25, 0.3) is 0 Å². The van der Waals surface area contributed by atoms with Crippen molar-refractivity contribution in [1.82, 2.24) is 5.16 Å². The maximum Gasteiger partial charge on any atom is 0.141 e. The molecule has 1 fully saturated rings. The van der Waals surface area contributed by atoms with Crippen LogP contribution in [-0.2, 0) is 0 Å². The molecular formula is C9H14N2O. The lowest BCUT2D eigenvalue weighted by atomic mass is 9.83. The highest BCUT2D eigenvalue weighted by molar-refractivity contribution is 5.06. The molecule has 0 aromatic carbocycles. The average Bonchev–Trinajstić information content (AvgIpc) is 2.57. The van der Waals surface area contributed by atoms with Crippen LogP contribution in [0, 0.1) is 0 Å². The number of hydrogen-bond donors (Lipinski definition) is 1. The van der Waals surface area contributed by atoms with Crippen molar-refractivity contribution in [2.75, 3.05) is 0 Å². The predicted molar refractivity (Wildman–Crippen MR) is 45.7 cm³/mol. The van der Waals surface area contributed by atoms with Crippen LogP contribution in [0.2, 0.25) is 0 Å². The molecule has 1 aromatic heterocycles. The van der Waals surface area contributed by atoms with Gasteiger partial charge in [0.05, 0.1) is 6.20 Å². The van der Waals surface area contributed by atoms with Gasteiger partial charge in [-0.15, -0.1) is 0 Å². The summed E-state index contributed by atoms with van der Waals surface area (Å²) in [6.07, 6.45) is 6.48. The SMILES string of the molecule is NC1CCCCC1c1ccno1. The van der Waals surface area contributed by atoms with E-state index in [2.05, 4.69) is 5.16 Å². The molecule has 1 heterocycles. The molecule has 0 radical (unpaired) electrons. The molecule has 0 bridgehead atoms. The summed E-state index contributed by atoms with van der Waals surface area (Å²) in [5.74, 6) is 1.36. The van der Waals surface area contributed by atoms with E-state index in [9.17, 15) is 0 Å². The summed E-state index contributed by atoms with van der Waals surface area (Å²) >= 11 is 0. The number of hydrogen-bond acceptors (Lipinski definition) is 3. The van der Waals surface area contributed by atoms with Crippen molar-refractivity contribution in [1.29, 1.82) is 0 Å². The molecule has 2 N–H and O–H groups in total. The Morgan fingerprint density at radius 2 is 2.25 bits per heavy atom. The molecule has 3 nitrogen and oxygen atoms in total.